The van der Waals surface area contributed by atoms with E-state index in [0.717, 1.165) is 59.9 Å². The molecule has 0 saturated carbocycles. The van der Waals surface area contributed by atoms with E-state index in [9.17, 15) is 15.2 Å². The molecule has 3 heterocycles. The summed E-state index contributed by atoms with van der Waals surface area (Å²) in [7, 11) is 0. The van der Waals surface area contributed by atoms with Crippen LogP contribution in [0.1, 0.15) is 53.0 Å². The Bertz CT molecular complexity index is 1420. The van der Waals surface area contributed by atoms with Crippen LogP contribution in [-0.2, 0) is 0 Å². The second kappa shape index (κ2) is 14.4. The van der Waals surface area contributed by atoms with Crippen molar-refractivity contribution < 1.29 is 9.90 Å². The van der Waals surface area contributed by atoms with Crippen molar-refractivity contribution in [1.82, 2.24) is 9.88 Å². The number of benzene rings is 2. The van der Waals surface area contributed by atoms with Gasteiger partial charge in [0.2, 0.25) is 0 Å². The maximum Gasteiger partial charge on any atom is 0.254 e. The summed E-state index contributed by atoms with van der Waals surface area (Å²) in [6, 6.07) is 20.2. The number of aliphatic hydroxyl groups excluding tert-OH is 1. The molecule has 224 valence electrons. The normalized spacial score (nSPS) is 17.1. The Morgan fingerprint density at radius 1 is 1.02 bits per heavy atom. The van der Waals surface area contributed by atoms with Gasteiger partial charge in [0.05, 0.1) is 23.9 Å². The minimum absolute atomic E-state index is 0. The quantitative estimate of drug-likeness (QED) is 0.417. The van der Waals surface area contributed by atoms with Crippen molar-refractivity contribution in [1.29, 1.82) is 5.26 Å². The van der Waals surface area contributed by atoms with E-state index in [2.05, 4.69) is 39.2 Å². The highest BCUT2D eigenvalue weighted by molar-refractivity contribution is 7.59. The summed E-state index contributed by atoms with van der Waals surface area (Å²) in [6.07, 6.45) is 1.90. The van der Waals surface area contributed by atoms with E-state index in [0.29, 0.717) is 36.8 Å². The average Bonchev–Trinajstić information content (AvgIpc) is 2.98. The molecule has 9 heteroatoms. The first-order chi connectivity index (χ1) is 19.4. The number of pyridine rings is 1. The highest BCUT2D eigenvalue weighted by atomic mass is 32.1. The van der Waals surface area contributed by atoms with E-state index < -0.39 is 0 Å². The van der Waals surface area contributed by atoms with Gasteiger partial charge in [-0.2, -0.15) is 18.8 Å². The molecular formula is C33H44N6O2S. The van der Waals surface area contributed by atoms with Crippen LogP contribution in [0.4, 0.5) is 17.2 Å². The van der Waals surface area contributed by atoms with Crippen molar-refractivity contribution in [2.24, 2.45) is 0 Å². The SMILES string of the molecule is C.Cc1cccc(N2CCN(C(=O)c3cc(NC4CCN(c5ccccc5C#N)CC4)c(C)cc3C)C[C@H]2CO)n1.S. The largest absolute Gasteiger partial charge is 0.394 e. The molecule has 42 heavy (non-hydrogen) atoms. The fourth-order valence-corrected chi connectivity index (χ4v) is 5.92. The maximum atomic E-state index is 13.7. The van der Waals surface area contributed by atoms with Crippen molar-refractivity contribution in [3.05, 3.63) is 82.5 Å². The smallest absolute Gasteiger partial charge is 0.254 e. The Morgan fingerprint density at radius 2 is 1.76 bits per heavy atom. The number of nitrogens with one attached hydrogen (secondary N) is 1. The number of nitriles is 1. The van der Waals surface area contributed by atoms with Gasteiger partial charge in [-0.05, 0) is 75.1 Å². The highest BCUT2D eigenvalue weighted by Gasteiger charge is 2.31. The zero-order valence-electron chi connectivity index (χ0n) is 24.1. The van der Waals surface area contributed by atoms with Gasteiger partial charge in [-0.25, -0.2) is 4.98 Å². The van der Waals surface area contributed by atoms with Gasteiger partial charge in [0.25, 0.3) is 5.91 Å². The van der Waals surface area contributed by atoms with Crippen molar-refractivity contribution in [3.63, 3.8) is 0 Å². The predicted octanol–water partition coefficient (Wildman–Crippen LogP) is 5.03. The molecule has 0 radical (unpaired) electrons. The Morgan fingerprint density at radius 3 is 2.45 bits per heavy atom. The van der Waals surface area contributed by atoms with Crippen LogP contribution in [0.5, 0.6) is 0 Å². The molecule has 1 atom stereocenters. The first-order valence-corrected chi connectivity index (χ1v) is 14.1. The second-order valence-electron chi connectivity index (χ2n) is 10.9. The zero-order valence-corrected chi connectivity index (χ0v) is 25.1. The number of carbonyl (C=O) groups is 1. The third kappa shape index (κ3) is 7.00. The van der Waals surface area contributed by atoms with Gasteiger partial charge in [0.1, 0.15) is 11.9 Å². The first-order valence-electron chi connectivity index (χ1n) is 14.1. The van der Waals surface area contributed by atoms with Gasteiger partial charge >= 0.3 is 0 Å². The molecule has 2 aliphatic rings. The summed E-state index contributed by atoms with van der Waals surface area (Å²) in [6.45, 7) is 9.37. The number of anilines is 3. The molecule has 2 aromatic carbocycles. The summed E-state index contributed by atoms with van der Waals surface area (Å²) < 4.78 is 0. The number of hydrogen-bond acceptors (Lipinski definition) is 7. The lowest BCUT2D eigenvalue weighted by Gasteiger charge is -2.41. The molecule has 1 aromatic heterocycles. The number of piperidine rings is 1. The summed E-state index contributed by atoms with van der Waals surface area (Å²) in [5.74, 6) is 0.838. The Labute approximate surface area is 257 Å². The Hall–Kier alpha value is -3.74. The molecule has 0 aliphatic carbocycles. The third-order valence-corrected chi connectivity index (χ3v) is 8.17. The van der Waals surface area contributed by atoms with Crippen LogP contribution in [0, 0.1) is 32.1 Å². The van der Waals surface area contributed by atoms with Gasteiger partial charge in [-0.1, -0.05) is 31.7 Å². The van der Waals surface area contributed by atoms with Gasteiger partial charge in [0.15, 0.2) is 0 Å². The summed E-state index contributed by atoms with van der Waals surface area (Å²) in [5, 5.41) is 23.4. The van der Waals surface area contributed by atoms with Crippen LogP contribution in [-0.4, -0.2) is 72.3 Å². The van der Waals surface area contributed by atoms with Gasteiger partial charge < -0.3 is 25.1 Å². The lowest BCUT2D eigenvalue weighted by Crippen LogP contribution is -2.56. The number of aromatic nitrogens is 1. The molecule has 2 N–H and O–H groups in total. The van der Waals surface area contributed by atoms with Crippen LogP contribution < -0.4 is 15.1 Å². The van der Waals surface area contributed by atoms with Crippen LogP contribution in [0.25, 0.3) is 0 Å². The number of amides is 1. The molecule has 8 nitrogen and oxygen atoms in total. The Balaban J connectivity index is 0.00000242. The predicted molar refractivity (Wildman–Crippen MR) is 176 cm³/mol. The molecule has 0 bridgehead atoms. The van der Waals surface area contributed by atoms with Crippen molar-refractivity contribution in [3.8, 4) is 6.07 Å². The number of hydrogen-bond donors (Lipinski definition) is 2. The number of nitrogens with zero attached hydrogens (tertiary/aromatic N) is 5. The standard InChI is InChI=1S/C32H38N6O2.CH4.H2S/c1-22-17-23(2)29(35-26-11-13-36(14-12-26)30-9-5-4-8-25(30)19-33)18-28(22)32(40)37-15-16-38(27(20-37)21-39)31-10-6-7-24(3)34-31;;/h4-10,17-18,26-27,35,39H,11-16,20-21H2,1-3H3;1H4;1H2/t27-;;/m0../s1. The van der Waals surface area contributed by atoms with Crippen molar-refractivity contribution >= 4 is 36.6 Å². The number of aliphatic hydroxyl groups is 1. The van der Waals surface area contributed by atoms with Crippen molar-refractivity contribution in [2.75, 3.05) is 54.4 Å². The fraction of sp³-hybridized carbons (Fsp3) is 0.424. The van der Waals surface area contributed by atoms with E-state index in [1.54, 1.807) is 0 Å². The lowest BCUT2D eigenvalue weighted by molar-refractivity contribution is 0.0698. The van der Waals surface area contributed by atoms with Crippen molar-refractivity contribution in [2.45, 2.75) is 53.1 Å². The van der Waals surface area contributed by atoms with Gasteiger partial charge in [-0.3, -0.25) is 4.79 Å². The molecule has 5 rings (SSSR count). The molecule has 3 aromatic rings. The Kier molecular flexibility index (Phi) is 11.3. The topological polar surface area (TPSA) is 95.7 Å². The lowest BCUT2D eigenvalue weighted by atomic mass is 9.99. The molecule has 2 fully saturated rings. The van der Waals surface area contributed by atoms with E-state index in [1.165, 1.54) is 0 Å². The minimum Gasteiger partial charge on any atom is -0.394 e. The number of rotatable bonds is 6. The fourth-order valence-electron chi connectivity index (χ4n) is 5.92. The molecule has 0 unspecified atom stereocenters. The van der Waals surface area contributed by atoms with Crippen LogP contribution in [0.2, 0.25) is 0 Å². The van der Waals surface area contributed by atoms with E-state index in [1.807, 2.05) is 67.3 Å². The average molecular weight is 589 g/mol. The minimum atomic E-state index is -0.202. The molecule has 2 aliphatic heterocycles. The number of piperazine rings is 1. The number of para-hydroxylation sites is 1. The monoisotopic (exact) mass is 588 g/mol. The third-order valence-electron chi connectivity index (χ3n) is 8.17. The number of carbonyl (C=O) groups excluding carboxylic acids is 1. The van der Waals surface area contributed by atoms with E-state index >= 15 is 0 Å². The maximum absolute atomic E-state index is 13.7. The van der Waals surface area contributed by atoms with E-state index in [-0.39, 0.29) is 39.5 Å². The van der Waals surface area contributed by atoms with E-state index in [4.69, 9.17) is 0 Å². The molecule has 0 spiro atoms. The molecular weight excluding hydrogens is 544 g/mol. The first kappa shape index (κ1) is 32.8. The van der Waals surface area contributed by atoms with Crippen LogP contribution >= 0.6 is 13.5 Å². The van der Waals surface area contributed by atoms with Crippen LogP contribution in [0.3, 0.4) is 0 Å². The highest BCUT2D eigenvalue weighted by Crippen LogP contribution is 2.28. The van der Waals surface area contributed by atoms with Gasteiger partial charge in [-0.15, -0.1) is 0 Å². The summed E-state index contributed by atoms with van der Waals surface area (Å²) in [4.78, 5) is 24.6. The van der Waals surface area contributed by atoms with Gasteiger partial charge in [0, 0.05) is 55.7 Å². The second-order valence-corrected chi connectivity index (χ2v) is 10.9. The molecule has 2 saturated heterocycles. The number of aryl methyl sites for hydroxylation is 3. The summed E-state index contributed by atoms with van der Waals surface area (Å²) in [5.41, 5.74) is 6.42. The summed E-state index contributed by atoms with van der Waals surface area (Å²) >= 11 is 0. The zero-order chi connectivity index (χ0) is 28.2. The van der Waals surface area contributed by atoms with Crippen LogP contribution in [0.15, 0.2) is 54.6 Å². The molecule has 1 amide bonds.